The summed E-state index contributed by atoms with van der Waals surface area (Å²) in [5.41, 5.74) is 1.44. The van der Waals surface area contributed by atoms with Crippen molar-refractivity contribution in [3.63, 3.8) is 0 Å². The molecular formula is C19H17F3N4O2. The highest BCUT2D eigenvalue weighted by atomic mass is 19.3. The Kier molecular flexibility index (Phi) is 4.99. The maximum Gasteiger partial charge on any atom is 0.266 e. The Morgan fingerprint density at radius 2 is 2.07 bits per heavy atom. The average Bonchev–Trinajstić information content (AvgIpc) is 3.11. The van der Waals surface area contributed by atoms with Crippen molar-refractivity contribution in [3.8, 4) is 11.1 Å². The van der Waals surface area contributed by atoms with Crippen LogP contribution < -0.4 is 0 Å². The van der Waals surface area contributed by atoms with E-state index in [2.05, 4.69) is 10.1 Å². The second-order valence-corrected chi connectivity index (χ2v) is 6.52. The molecule has 0 saturated carbocycles. The fourth-order valence-electron chi connectivity index (χ4n) is 3.15. The molecule has 1 amide bonds. The summed E-state index contributed by atoms with van der Waals surface area (Å²) in [5, 5.41) is 4.21. The number of pyridine rings is 1. The summed E-state index contributed by atoms with van der Waals surface area (Å²) < 4.78 is 46.4. The molecule has 1 aliphatic heterocycles. The number of halogens is 3. The molecule has 146 valence electrons. The van der Waals surface area contributed by atoms with Crippen molar-refractivity contribution < 1.29 is 22.7 Å². The van der Waals surface area contributed by atoms with Gasteiger partial charge in [-0.3, -0.25) is 14.5 Å². The van der Waals surface area contributed by atoms with E-state index in [-0.39, 0.29) is 19.2 Å². The molecule has 0 N–H and O–H groups in total. The van der Waals surface area contributed by atoms with Gasteiger partial charge in [-0.1, -0.05) is 6.07 Å². The highest BCUT2D eigenvalue weighted by Gasteiger charge is 2.19. The number of hydrogen-bond donors (Lipinski definition) is 0. The van der Waals surface area contributed by atoms with E-state index in [1.54, 1.807) is 11.0 Å². The van der Waals surface area contributed by atoms with Crippen molar-refractivity contribution in [2.24, 2.45) is 0 Å². The van der Waals surface area contributed by atoms with Crippen molar-refractivity contribution in [1.82, 2.24) is 19.7 Å². The summed E-state index contributed by atoms with van der Waals surface area (Å²) in [5.74, 6) is -1.08. The van der Waals surface area contributed by atoms with Crippen LogP contribution in [0, 0.1) is 5.82 Å². The number of benzene rings is 1. The van der Waals surface area contributed by atoms with E-state index in [9.17, 15) is 18.0 Å². The zero-order chi connectivity index (χ0) is 19.7. The van der Waals surface area contributed by atoms with E-state index in [0.717, 1.165) is 18.6 Å². The number of nitrogens with zero attached hydrogens (tertiary/aromatic N) is 4. The van der Waals surface area contributed by atoms with Crippen molar-refractivity contribution in [1.29, 1.82) is 0 Å². The molecule has 6 nitrogen and oxygen atoms in total. The van der Waals surface area contributed by atoms with Gasteiger partial charge in [-0.15, -0.1) is 0 Å². The van der Waals surface area contributed by atoms with Crippen LogP contribution >= 0.6 is 0 Å². The average molecular weight is 390 g/mol. The molecule has 1 fully saturated rings. The van der Waals surface area contributed by atoms with Gasteiger partial charge in [0.05, 0.1) is 23.9 Å². The molecule has 4 rings (SSSR count). The Morgan fingerprint density at radius 1 is 1.21 bits per heavy atom. The molecule has 28 heavy (non-hydrogen) atoms. The number of carbonyl (C=O) groups is 1. The third-order valence-corrected chi connectivity index (χ3v) is 4.66. The van der Waals surface area contributed by atoms with Gasteiger partial charge in [-0.2, -0.15) is 5.10 Å². The SMILES string of the molecule is O=C(Cn1ncc2ncc(-c3ccc(F)c(C(F)F)c3)cc21)N1CCCOC1. The van der Waals surface area contributed by atoms with Crippen LogP contribution in [0.5, 0.6) is 0 Å². The van der Waals surface area contributed by atoms with Crippen LogP contribution in [0.1, 0.15) is 18.4 Å². The third kappa shape index (κ3) is 3.57. The molecule has 3 aromatic rings. The smallest absolute Gasteiger partial charge is 0.266 e. The fraction of sp³-hybridized carbons (Fsp3) is 0.316. The molecule has 1 aliphatic rings. The first-order chi connectivity index (χ1) is 13.5. The van der Waals surface area contributed by atoms with Crippen molar-refractivity contribution >= 4 is 16.9 Å². The lowest BCUT2D eigenvalue weighted by Gasteiger charge is -2.26. The first kappa shape index (κ1) is 18.4. The van der Waals surface area contributed by atoms with Crippen LogP contribution in [0.3, 0.4) is 0 Å². The van der Waals surface area contributed by atoms with E-state index >= 15 is 0 Å². The van der Waals surface area contributed by atoms with Gasteiger partial charge in [0.1, 0.15) is 24.6 Å². The highest BCUT2D eigenvalue weighted by molar-refractivity contribution is 5.83. The summed E-state index contributed by atoms with van der Waals surface area (Å²) in [6, 6.07) is 5.25. The molecule has 0 bridgehead atoms. The van der Waals surface area contributed by atoms with Gasteiger partial charge in [0.15, 0.2) is 0 Å². The van der Waals surface area contributed by atoms with Crippen LogP contribution in [0.25, 0.3) is 22.2 Å². The summed E-state index contributed by atoms with van der Waals surface area (Å²) in [6.45, 7) is 1.55. The van der Waals surface area contributed by atoms with Gasteiger partial charge < -0.3 is 9.64 Å². The van der Waals surface area contributed by atoms with Crippen LogP contribution in [-0.4, -0.2) is 45.5 Å². The minimum atomic E-state index is -2.91. The summed E-state index contributed by atoms with van der Waals surface area (Å²) in [6.07, 6.45) is 0.923. The van der Waals surface area contributed by atoms with E-state index in [1.807, 2.05) is 0 Å². The number of alkyl halides is 2. The Bertz CT molecular complexity index is 1020. The molecule has 0 radical (unpaired) electrons. The van der Waals surface area contributed by atoms with E-state index in [1.165, 1.54) is 23.1 Å². The molecule has 0 unspecified atom stereocenters. The molecule has 3 heterocycles. The minimum Gasteiger partial charge on any atom is -0.361 e. The first-order valence-corrected chi connectivity index (χ1v) is 8.78. The van der Waals surface area contributed by atoms with Crippen LogP contribution in [0.4, 0.5) is 13.2 Å². The number of fused-ring (bicyclic) bond motifs is 1. The quantitative estimate of drug-likeness (QED) is 0.685. The van der Waals surface area contributed by atoms with Gasteiger partial charge in [0.2, 0.25) is 5.91 Å². The monoisotopic (exact) mass is 390 g/mol. The lowest BCUT2D eigenvalue weighted by molar-refractivity contribution is -0.141. The Morgan fingerprint density at radius 3 is 2.82 bits per heavy atom. The van der Waals surface area contributed by atoms with Crippen molar-refractivity contribution in [3.05, 3.63) is 48.0 Å². The summed E-state index contributed by atoms with van der Waals surface area (Å²) >= 11 is 0. The maximum atomic E-state index is 13.6. The lowest BCUT2D eigenvalue weighted by Crippen LogP contribution is -2.40. The largest absolute Gasteiger partial charge is 0.361 e. The number of ether oxygens (including phenoxy) is 1. The minimum absolute atomic E-state index is 0.0176. The number of aromatic nitrogens is 3. The Labute approximate surface area is 158 Å². The zero-order valence-electron chi connectivity index (χ0n) is 14.8. The van der Waals surface area contributed by atoms with Crippen molar-refractivity contribution in [2.45, 2.75) is 19.4 Å². The molecule has 0 spiro atoms. The molecule has 0 atom stereocenters. The summed E-state index contributed by atoms with van der Waals surface area (Å²) in [7, 11) is 0. The van der Waals surface area contributed by atoms with E-state index in [0.29, 0.717) is 35.3 Å². The van der Waals surface area contributed by atoms with Crippen LogP contribution in [0.15, 0.2) is 36.7 Å². The van der Waals surface area contributed by atoms with Crippen LogP contribution in [-0.2, 0) is 16.1 Å². The Hall–Kier alpha value is -2.94. The molecule has 9 heteroatoms. The number of amides is 1. The number of hydrogen-bond acceptors (Lipinski definition) is 4. The molecule has 2 aromatic heterocycles. The molecule has 0 aliphatic carbocycles. The first-order valence-electron chi connectivity index (χ1n) is 8.78. The predicted octanol–water partition coefficient (Wildman–Crippen LogP) is 3.38. The Balaban J connectivity index is 1.65. The topological polar surface area (TPSA) is 60.2 Å². The standard InChI is InChI=1S/C19H17F3N4O2/c20-15-3-2-12(6-14(15)19(21)22)13-7-17-16(23-8-13)9-24-26(17)10-18(27)25-4-1-5-28-11-25/h2-3,6-9,19H,1,4-5,10-11H2. The summed E-state index contributed by atoms with van der Waals surface area (Å²) in [4.78, 5) is 18.4. The highest BCUT2D eigenvalue weighted by Crippen LogP contribution is 2.29. The van der Waals surface area contributed by atoms with Crippen LogP contribution in [0.2, 0.25) is 0 Å². The van der Waals surface area contributed by atoms with Gasteiger partial charge in [-0.25, -0.2) is 13.2 Å². The van der Waals surface area contributed by atoms with Gasteiger partial charge in [-0.05, 0) is 30.2 Å². The fourth-order valence-corrected chi connectivity index (χ4v) is 3.15. The van der Waals surface area contributed by atoms with E-state index in [4.69, 9.17) is 4.74 Å². The van der Waals surface area contributed by atoms with Gasteiger partial charge in [0, 0.05) is 18.3 Å². The van der Waals surface area contributed by atoms with Gasteiger partial charge in [0.25, 0.3) is 6.43 Å². The molecule has 1 aromatic carbocycles. The molecule has 1 saturated heterocycles. The maximum absolute atomic E-state index is 13.6. The predicted molar refractivity (Wildman–Crippen MR) is 95.0 cm³/mol. The van der Waals surface area contributed by atoms with E-state index < -0.39 is 17.8 Å². The normalized spacial score (nSPS) is 14.8. The number of rotatable bonds is 4. The number of carbonyl (C=O) groups excluding carboxylic acids is 1. The molecular weight excluding hydrogens is 373 g/mol. The van der Waals surface area contributed by atoms with Crippen molar-refractivity contribution in [2.75, 3.05) is 19.9 Å². The second-order valence-electron chi connectivity index (χ2n) is 6.52. The lowest BCUT2D eigenvalue weighted by atomic mass is 10.0. The van der Waals surface area contributed by atoms with Gasteiger partial charge >= 0.3 is 0 Å². The second kappa shape index (κ2) is 7.59. The zero-order valence-corrected chi connectivity index (χ0v) is 14.8. The third-order valence-electron chi connectivity index (χ3n) is 4.66.